The van der Waals surface area contributed by atoms with Crippen LogP contribution in [0.5, 0.6) is 0 Å². The SMILES string of the molecule is C1CNCCCNCCCNC1.CO.[Zn+2]. The summed E-state index contributed by atoms with van der Waals surface area (Å²) < 4.78 is 0. The van der Waals surface area contributed by atoms with Crippen molar-refractivity contribution in [3.63, 3.8) is 0 Å². The average Bonchev–Trinajstić information content (AvgIpc) is 2.22. The van der Waals surface area contributed by atoms with E-state index in [4.69, 9.17) is 5.11 Å². The van der Waals surface area contributed by atoms with Crippen molar-refractivity contribution in [3.05, 3.63) is 0 Å². The zero-order chi connectivity index (χ0) is 10.5. The molecule has 1 aliphatic heterocycles. The van der Waals surface area contributed by atoms with Gasteiger partial charge in [-0.1, -0.05) is 0 Å². The Kier molecular flexibility index (Phi) is 20.1. The molecule has 0 saturated carbocycles. The van der Waals surface area contributed by atoms with Crippen molar-refractivity contribution >= 4 is 0 Å². The van der Waals surface area contributed by atoms with E-state index in [9.17, 15) is 0 Å². The normalized spacial score (nSPS) is 19.6. The fraction of sp³-hybridized carbons (Fsp3) is 1.00. The Morgan fingerprint density at radius 1 is 0.600 bits per heavy atom. The van der Waals surface area contributed by atoms with Gasteiger partial charge in [0.15, 0.2) is 0 Å². The third-order valence-electron chi connectivity index (χ3n) is 2.12. The van der Waals surface area contributed by atoms with Gasteiger partial charge in [-0.15, -0.1) is 0 Å². The van der Waals surface area contributed by atoms with Gasteiger partial charge in [-0.3, -0.25) is 0 Å². The molecule has 0 aromatic rings. The van der Waals surface area contributed by atoms with Gasteiger partial charge >= 0.3 is 19.5 Å². The van der Waals surface area contributed by atoms with Gasteiger partial charge in [0.2, 0.25) is 0 Å². The van der Waals surface area contributed by atoms with E-state index in [2.05, 4.69) is 16.0 Å². The molecule has 0 amide bonds. The first-order valence-electron chi connectivity index (χ1n) is 5.57. The number of hydrogen-bond donors (Lipinski definition) is 4. The Balaban J connectivity index is 0. The van der Waals surface area contributed by atoms with E-state index in [1.54, 1.807) is 0 Å². The van der Waals surface area contributed by atoms with Crippen molar-refractivity contribution in [2.24, 2.45) is 0 Å². The van der Waals surface area contributed by atoms with Crippen LogP contribution in [0.4, 0.5) is 0 Å². The van der Waals surface area contributed by atoms with Crippen LogP contribution in [0.1, 0.15) is 19.3 Å². The van der Waals surface area contributed by atoms with Crippen molar-refractivity contribution in [1.29, 1.82) is 0 Å². The van der Waals surface area contributed by atoms with E-state index in [-0.39, 0.29) is 19.5 Å². The predicted octanol–water partition coefficient (Wildman–Crippen LogP) is -0.455. The molecular formula is C10H25N3OZn+2. The van der Waals surface area contributed by atoms with E-state index >= 15 is 0 Å². The maximum atomic E-state index is 7.00. The Morgan fingerprint density at radius 3 is 1.00 bits per heavy atom. The number of hydrogen-bond acceptors (Lipinski definition) is 4. The van der Waals surface area contributed by atoms with Crippen LogP contribution in [0.15, 0.2) is 0 Å². The third-order valence-corrected chi connectivity index (χ3v) is 2.12. The second-order valence-corrected chi connectivity index (χ2v) is 3.31. The second kappa shape index (κ2) is 16.9. The number of aliphatic hydroxyl groups excluding tert-OH is 1. The first-order valence-corrected chi connectivity index (χ1v) is 5.57. The topological polar surface area (TPSA) is 56.3 Å². The Bertz CT molecular complexity index is 63.6. The van der Waals surface area contributed by atoms with Gasteiger partial charge in [0.05, 0.1) is 0 Å². The molecule has 1 fully saturated rings. The molecular weight excluding hydrogens is 244 g/mol. The van der Waals surface area contributed by atoms with Crippen molar-refractivity contribution in [1.82, 2.24) is 16.0 Å². The summed E-state index contributed by atoms with van der Waals surface area (Å²) in [5, 5.41) is 17.3. The van der Waals surface area contributed by atoms with Gasteiger partial charge in [0.1, 0.15) is 0 Å². The zero-order valence-electron chi connectivity index (χ0n) is 10.0. The molecule has 0 aliphatic carbocycles. The van der Waals surface area contributed by atoms with Crippen molar-refractivity contribution in [3.8, 4) is 0 Å². The van der Waals surface area contributed by atoms with Crippen molar-refractivity contribution < 1.29 is 24.6 Å². The maximum Gasteiger partial charge on any atom is 2.00 e. The Labute approximate surface area is 106 Å². The van der Waals surface area contributed by atoms with Crippen LogP contribution in [0.2, 0.25) is 0 Å². The largest absolute Gasteiger partial charge is 2.00 e. The Hall–Kier alpha value is 0.463. The van der Waals surface area contributed by atoms with E-state index in [0.717, 1.165) is 46.4 Å². The van der Waals surface area contributed by atoms with Crippen molar-refractivity contribution in [2.75, 3.05) is 46.4 Å². The quantitative estimate of drug-likeness (QED) is 0.450. The van der Waals surface area contributed by atoms with Gasteiger partial charge in [-0.05, 0) is 58.5 Å². The summed E-state index contributed by atoms with van der Waals surface area (Å²) >= 11 is 0. The van der Waals surface area contributed by atoms with E-state index in [1.165, 1.54) is 19.3 Å². The maximum absolute atomic E-state index is 7.00. The van der Waals surface area contributed by atoms with Crippen LogP contribution in [-0.4, -0.2) is 51.5 Å². The molecule has 1 saturated heterocycles. The van der Waals surface area contributed by atoms with Gasteiger partial charge in [0, 0.05) is 7.11 Å². The first kappa shape index (κ1) is 17.8. The Morgan fingerprint density at radius 2 is 0.800 bits per heavy atom. The minimum absolute atomic E-state index is 0. The standard InChI is InChI=1S/C9H21N3.CH4O.Zn/c1-4-10-6-2-8-12-9-3-7-11-5-1;1-2;/h10-12H,1-9H2;2H,1H3;/q;;+2. The fourth-order valence-electron chi connectivity index (χ4n) is 1.39. The van der Waals surface area contributed by atoms with E-state index in [1.807, 2.05) is 0 Å². The molecule has 15 heavy (non-hydrogen) atoms. The van der Waals surface area contributed by atoms with Crippen molar-refractivity contribution in [2.45, 2.75) is 19.3 Å². The summed E-state index contributed by atoms with van der Waals surface area (Å²) in [6.07, 6.45) is 3.77. The summed E-state index contributed by atoms with van der Waals surface area (Å²) in [5.74, 6) is 0. The molecule has 0 aromatic heterocycles. The monoisotopic (exact) mass is 267 g/mol. The molecule has 86 valence electrons. The van der Waals surface area contributed by atoms with Gasteiger partial charge in [-0.25, -0.2) is 0 Å². The second-order valence-electron chi connectivity index (χ2n) is 3.31. The summed E-state index contributed by atoms with van der Waals surface area (Å²) in [4.78, 5) is 0. The molecule has 5 heteroatoms. The van der Waals surface area contributed by atoms with Crippen LogP contribution in [0, 0.1) is 0 Å². The zero-order valence-corrected chi connectivity index (χ0v) is 13.0. The average molecular weight is 269 g/mol. The fourth-order valence-corrected chi connectivity index (χ4v) is 1.39. The molecule has 0 atom stereocenters. The summed E-state index contributed by atoms with van der Waals surface area (Å²) in [6, 6.07) is 0. The molecule has 4 nitrogen and oxygen atoms in total. The minimum atomic E-state index is 0. The summed E-state index contributed by atoms with van der Waals surface area (Å²) in [5.41, 5.74) is 0. The van der Waals surface area contributed by atoms with Crippen LogP contribution >= 0.6 is 0 Å². The minimum Gasteiger partial charge on any atom is -0.400 e. The molecule has 0 aromatic carbocycles. The van der Waals surface area contributed by atoms with E-state index < -0.39 is 0 Å². The van der Waals surface area contributed by atoms with Crippen LogP contribution in [0.25, 0.3) is 0 Å². The summed E-state index contributed by atoms with van der Waals surface area (Å²) in [6.45, 7) is 6.96. The molecule has 0 bridgehead atoms. The molecule has 4 N–H and O–H groups in total. The summed E-state index contributed by atoms with van der Waals surface area (Å²) in [7, 11) is 1.00. The van der Waals surface area contributed by atoms with Gasteiger partial charge in [-0.2, -0.15) is 0 Å². The molecule has 0 unspecified atom stereocenters. The number of nitrogens with one attached hydrogen (secondary N) is 3. The van der Waals surface area contributed by atoms with Crippen LogP contribution in [0.3, 0.4) is 0 Å². The number of aliphatic hydroxyl groups is 1. The van der Waals surface area contributed by atoms with Gasteiger partial charge in [0.25, 0.3) is 0 Å². The smallest absolute Gasteiger partial charge is 0.400 e. The molecule has 0 radical (unpaired) electrons. The number of rotatable bonds is 0. The van der Waals surface area contributed by atoms with Gasteiger partial charge < -0.3 is 21.1 Å². The predicted molar refractivity (Wildman–Crippen MR) is 60.6 cm³/mol. The van der Waals surface area contributed by atoms with Crippen LogP contribution < -0.4 is 16.0 Å². The van der Waals surface area contributed by atoms with E-state index in [0.29, 0.717) is 0 Å². The first-order chi connectivity index (χ1) is 7.00. The van der Waals surface area contributed by atoms with Crippen LogP contribution in [-0.2, 0) is 19.5 Å². The molecule has 1 aliphatic rings. The molecule has 0 spiro atoms. The molecule has 1 heterocycles. The molecule has 1 rings (SSSR count). The third kappa shape index (κ3) is 14.5.